The van der Waals surface area contributed by atoms with Gasteiger partial charge in [-0.1, -0.05) is 30.3 Å². The third kappa shape index (κ3) is 3.20. The smallest absolute Gasteiger partial charge is 0.412 e. The van der Waals surface area contributed by atoms with Gasteiger partial charge in [0.25, 0.3) is 0 Å². The molecule has 1 heterocycles. The molecule has 1 aliphatic heterocycles. The van der Waals surface area contributed by atoms with Crippen molar-refractivity contribution in [3.63, 3.8) is 0 Å². The topological polar surface area (TPSA) is 49.8 Å². The van der Waals surface area contributed by atoms with E-state index < -0.39 is 12.4 Å². The maximum absolute atomic E-state index is 11.7. The van der Waals surface area contributed by atoms with Gasteiger partial charge in [0.2, 0.25) is 6.29 Å². The van der Waals surface area contributed by atoms with Crippen molar-refractivity contribution in [1.29, 1.82) is 0 Å². The van der Waals surface area contributed by atoms with Crippen LogP contribution in [0.25, 0.3) is 0 Å². The van der Waals surface area contributed by atoms with Crippen LogP contribution in [0.5, 0.6) is 0 Å². The summed E-state index contributed by atoms with van der Waals surface area (Å²) in [7, 11) is 0. The van der Waals surface area contributed by atoms with E-state index in [0.717, 1.165) is 32.4 Å². The van der Waals surface area contributed by atoms with Crippen LogP contribution in [0.2, 0.25) is 0 Å². The molecule has 1 amide bonds. The number of nitrogens with zero attached hydrogens (tertiary/aromatic N) is 1. The molecule has 0 spiro atoms. The fourth-order valence-electron chi connectivity index (χ4n) is 1.93. The van der Waals surface area contributed by atoms with Crippen molar-refractivity contribution in [2.45, 2.75) is 25.6 Å². The van der Waals surface area contributed by atoms with Gasteiger partial charge >= 0.3 is 6.09 Å². The van der Waals surface area contributed by atoms with E-state index in [1.165, 1.54) is 0 Å². The number of carbonyl (C=O) groups excluding carboxylic acids is 1. The number of hydrogen-bond donors (Lipinski definition) is 1. The van der Waals surface area contributed by atoms with Gasteiger partial charge in [-0.25, -0.2) is 4.79 Å². The van der Waals surface area contributed by atoms with Crippen LogP contribution in [-0.2, 0) is 4.74 Å². The molecule has 1 unspecified atom stereocenters. The van der Waals surface area contributed by atoms with Gasteiger partial charge in [-0.3, -0.25) is 0 Å². The van der Waals surface area contributed by atoms with E-state index in [1.54, 1.807) is 29.2 Å². The average Bonchev–Trinajstić information content (AvgIpc) is 2.40. The normalized spacial score (nSPS) is 17.6. The molecule has 0 aliphatic carbocycles. The van der Waals surface area contributed by atoms with Crippen molar-refractivity contribution in [3.8, 4) is 0 Å². The SMILES string of the molecule is O=C(OC(O)c1ccccc1)N1CCCCC1. The van der Waals surface area contributed by atoms with Crippen LogP contribution in [0.3, 0.4) is 0 Å². The Morgan fingerprint density at radius 1 is 1.18 bits per heavy atom. The summed E-state index contributed by atoms with van der Waals surface area (Å²) in [6.07, 6.45) is 1.57. The first-order valence-electron chi connectivity index (χ1n) is 5.96. The number of aliphatic hydroxyl groups is 1. The predicted octanol–water partition coefficient (Wildman–Crippen LogP) is 2.30. The van der Waals surface area contributed by atoms with Crippen LogP contribution in [0, 0.1) is 0 Å². The molecular formula is C13H17NO3. The summed E-state index contributed by atoms with van der Waals surface area (Å²) < 4.78 is 5.02. The fraction of sp³-hybridized carbons (Fsp3) is 0.462. The van der Waals surface area contributed by atoms with Gasteiger partial charge in [-0.15, -0.1) is 0 Å². The lowest BCUT2D eigenvalue weighted by Crippen LogP contribution is -2.36. The van der Waals surface area contributed by atoms with Gasteiger partial charge in [0.1, 0.15) is 0 Å². The van der Waals surface area contributed by atoms with Gasteiger partial charge in [-0.05, 0) is 19.3 Å². The van der Waals surface area contributed by atoms with Crippen LogP contribution in [0.4, 0.5) is 4.79 Å². The quantitative estimate of drug-likeness (QED) is 0.800. The van der Waals surface area contributed by atoms with Crippen molar-refractivity contribution >= 4 is 6.09 Å². The number of amides is 1. The number of hydrogen-bond acceptors (Lipinski definition) is 3. The highest BCUT2D eigenvalue weighted by Gasteiger charge is 2.21. The molecule has 4 nitrogen and oxygen atoms in total. The highest BCUT2D eigenvalue weighted by molar-refractivity contribution is 5.67. The van der Waals surface area contributed by atoms with Crippen LogP contribution < -0.4 is 0 Å². The molecule has 0 aromatic heterocycles. The Bertz CT molecular complexity index is 360. The van der Waals surface area contributed by atoms with Gasteiger partial charge in [0.05, 0.1) is 0 Å². The molecule has 1 fully saturated rings. The Labute approximate surface area is 101 Å². The lowest BCUT2D eigenvalue weighted by Gasteiger charge is -2.27. The number of carbonyl (C=O) groups is 1. The van der Waals surface area contributed by atoms with Crippen LogP contribution >= 0.6 is 0 Å². The fourth-order valence-corrected chi connectivity index (χ4v) is 1.93. The molecule has 0 radical (unpaired) electrons. The Morgan fingerprint density at radius 3 is 2.47 bits per heavy atom. The van der Waals surface area contributed by atoms with E-state index >= 15 is 0 Å². The summed E-state index contributed by atoms with van der Waals surface area (Å²) in [5, 5.41) is 9.75. The van der Waals surface area contributed by atoms with E-state index in [2.05, 4.69) is 0 Å². The molecule has 1 aliphatic rings. The first-order chi connectivity index (χ1) is 8.27. The predicted molar refractivity (Wildman–Crippen MR) is 63.3 cm³/mol. The minimum absolute atomic E-state index is 0.430. The largest absolute Gasteiger partial charge is 0.415 e. The van der Waals surface area contributed by atoms with E-state index in [4.69, 9.17) is 4.74 Å². The maximum atomic E-state index is 11.7. The van der Waals surface area contributed by atoms with Gasteiger partial charge < -0.3 is 14.7 Å². The number of ether oxygens (including phenoxy) is 1. The monoisotopic (exact) mass is 235 g/mol. The van der Waals surface area contributed by atoms with E-state index in [1.807, 2.05) is 6.07 Å². The van der Waals surface area contributed by atoms with Crippen molar-refractivity contribution in [2.75, 3.05) is 13.1 Å². The Morgan fingerprint density at radius 2 is 1.82 bits per heavy atom. The van der Waals surface area contributed by atoms with Crippen molar-refractivity contribution in [1.82, 2.24) is 4.90 Å². The third-order valence-electron chi connectivity index (χ3n) is 2.91. The average molecular weight is 235 g/mol. The molecule has 17 heavy (non-hydrogen) atoms. The zero-order valence-corrected chi connectivity index (χ0v) is 9.71. The second kappa shape index (κ2) is 5.68. The molecule has 1 aromatic rings. The van der Waals surface area contributed by atoms with Crippen molar-refractivity contribution in [3.05, 3.63) is 35.9 Å². The molecule has 1 atom stereocenters. The third-order valence-corrected chi connectivity index (χ3v) is 2.91. The van der Waals surface area contributed by atoms with E-state index in [0.29, 0.717) is 5.56 Å². The van der Waals surface area contributed by atoms with Gasteiger partial charge in [-0.2, -0.15) is 0 Å². The summed E-state index contributed by atoms with van der Waals surface area (Å²) >= 11 is 0. The lowest BCUT2D eigenvalue weighted by atomic mass is 10.1. The summed E-state index contributed by atoms with van der Waals surface area (Å²) in [5.74, 6) is 0. The van der Waals surface area contributed by atoms with Gasteiger partial charge in [0.15, 0.2) is 0 Å². The number of rotatable bonds is 2. The Hall–Kier alpha value is -1.55. The molecule has 92 valence electrons. The zero-order valence-electron chi connectivity index (χ0n) is 9.71. The summed E-state index contributed by atoms with van der Waals surface area (Å²) in [6.45, 7) is 1.45. The molecule has 1 saturated heterocycles. The molecule has 4 heteroatoms. The van der Waals surface area contributed by atoms with Crippen LogP contribution in [0.1, 0.15) is 31.1 Å². The number of piperidine rings is 1. The summed E-state index contributed by atoms with van der Waals surface area (Å²) in [4.78, 5) is 13.4. The summed E-state index contributed by atoms with van der Waals surface area (Å²) in [6, 6.07) is 8.91. The van der Waals surface area contributed by atoms with E-state index in [-0.39, 0.29) is 0 Å². The standard InChI is InChI=1S/C13H17NO3/c15-12(11-7-3-1-4-8-11)17-13(16)14-9-5-2-6-10-14/h1,3-4,7-8,12,15H,2,5-6,9-10H2. The first kappa shape index (κ1) is 11.9. The Kier molecular flexibility index (Phi) is 3.98. The zero-order chi connectivity index (χ0) is 12.1. The summed E-state index contributed by atoms with van der Waals surface area (Å²) in [5.41, 5.74) is 0.595. The van der Waals surface area contributed by atoms with Crippen LogP contribution in [0.15, 0.2) is 30.3 Å². The second-order valence-corrected chi connectivity index (χ2v) is 4.19. The number of benzene rings is 1. The molecule has 1 N–H and O–H groups in total. The number of likely N-dealkylation sites (tertiary alicyclic amines) is 1. The minimum Gasteiger partial charge on any atom is -0.415 e. The van der Waals surface area contributed by atoms with Crippen molar-refractivity contribution < 1.29 is 14.6 Å². The minimum atomic E-state index is -1.18. The molecule has 0 bridgehead atoms. The molecule has 1 aromatic carbocycles. The molecule has 0 saturated carbocycles. The highest BCUT2D eigenvalue weighted by atomic mass is 16.6. The van der Waals surface area contributed by atoms with Crippen molar-refractivity contribution in [2.24, 2.45) is 0 Å². The van der Waals surface area contributed by atoms with Gasteiger partial charge in [0, 0.05) is 18.7 Å². The number of aliphatic hydroxyl groups excluding tert-OH is 1. The Balaban J connectivity index is 1.89. The maximum Gasteiger partial charge on any atom is 0.412 e. The van der Waals surface area contributed by atoms with E-state index in [9.17, 15) is 9.90 Å². The first-order valence-corrected chi connectivity index (χ1v) is 5.96. The second-order valence-electron chi connectivity index (χ2n) is 4.19. The van der Waals surface area contributed by atoms with Crippen LogP contribution in [-0.4, -0.2) is 29.2 Å². The highest BCUT2D eigenvalue weighted by Crippen LogP contribution is 2.17. The molecular weight excluding hydrogens is 218 g/mol. The lowest BCUT2D eigenvalue weighted by molar-refractivity contribution is -0.0681. The molecule has 2 rings (SSSR count).